The maximum Gasteiger partial charge on any atom is 0.267 e. The third-order valence-electron chi connectivity index (χ3n) is 5.21. The summed E-state index contributed by atoms with van der Waals surface area (Å²) in [5, 5.41) is 19.5. The lowest BCUT2D eigenvalue weighted by Gasteiger charge is -2.18. The number of thiophene rings is 1. The van der Waals surface area contributed by atoms with E-state index < -0.39 is 11.8 Å². The molecule has 0 spiro atoms. The highest BCUT2D eigenvalue weighted by Gasteiger charge is 2.25. The highest BCUT2D eigenvalue weighted by molar-refractivity contribution is 7.13. The summed E-state index contributed by atoms with van der Waals surface area (Å²) >= 11 is 19.8. The molecule has 1 aliphatic rings. The van der Waals surface area contributed by atoms with Crippen LogP contribution in [0.2, 0.25) is 15.1 Å². The number of halogens is 3. The van der Waals surface area contributed by atoms with E-state index in [0.717, 1.165) is 11.3 Å². The van der Waals surface area contributed by atoms with Gasteiger partial charge in [-0.3, -0.25) is 19.9 Å². The van der Waals surface area contributed by atoms with Crippen molar-refractivity contribution < 1.29 is 14.3 Å². The molecule has 14 heteroatoms. The average molecular weight is 579 g/mol. The molecule has 1 aromatic carbocycles. The summed E-state index contributed by atoms with van der Waals surface area (Å²) in [6, 6.07) is 6.00. The topological polar surface area (TPSA) is 132 Å². The maximum atomic E-state index is 13.3. The van der Waals surface area contributed by atoms with Gasteiger partial charge >= 0.3 is 0 Å². The summed E-state index contributed by atoms with van der Waals surface area (Å²) in [6.45, 7) is 1.52. The zero-order valence-corrected chi connectivity index (χ0v) is 22.2. The lowest BCUT2D eigenvalue weighted by Crippen LogP contribution is -2.35. The first-order chi connectivity index (χ1) is 17.8. The van der Waals surface area contributed by atoms with E-state index in [2.05, 4.69) is 25.9 Å². The van der Waals surface area contributed by atoms with Gasteiger partial charge in [-0.1, -0.05) is 34.8 Å². The number of benzene rings is 1. The van der Waals surface area contributed by atoms with E-state index in [4.69, 9.17) is 44.8 Å². The second-order valence-electron chi connectivity index (χ2n) is 7.57. The van der Waals surface area contributed by atoms with E-state index in [1.807, 2.05) is 11.1 Å². The van der Waals surface area contributed by atoms with Crippen LogP contribution in [0.4, 0.5) is 11.5 Å². The Hall–Kier alpha value is -3.56. The molecule has 2 aromatic heterocycles. The van der Waals surface area contributed by atoms with Gasteiger partial charge in [-0.05, 0) is 23.6 Å². The van der Waals surface area contributed by atoms with E-state index in [9.17, 15) is 9.59 Å². The molecular formula is C23H18Cl3N7O3S. The molecule has 0 radical (unpaired) electrons. The number of carbonyl (C=O) groups is 2. The molecule has 1 aliphatic heterocycles. The molecule has 0 saturated carbocycles. The van der Waals surface area contributed by atoms with Crippen LogP contribution in [0.25, 0.3) is 0 Å². The Morgan fingerprint density at radius 1 is 1.19 bits per heavy atom. The van der Waals surface area contributed by atoms with E-state index in [-0.39, 0.29) is 37.7 Å². The molecule has 0 atom stereocenters. The Kier molecular flexibility index (Phi) is 8.35. The fourth-order valence-electron chi connectivity index (χ4n) is 3.50. The summed E-state index contributed by atoms with van der Waals surface area (Å²) in [5.74, 6) is -0.219. The number of aromatic nitrogens is 1. The zero-order valence-electron chi connectivity index (χ0n) is 19.1. The number of aliphatic imine (C=N–C) groups is 1. The van der Waals surface area contributed by atoms with Crippen molar-refractivity contribution >= 4 is 75.4 Å². The molecule has 0 unspecified atom stereocenters. The minimum absolute atomic E-state index is 0.0582. The van der Waals surface area contributed by atoms with Crippen molar-refractivity contribution in [3.63, 3.8) is 0 Å². The SMILES string of the molecule is COc1cc(Cl)cc(C(=O)Nc2ccc(Cl)cn2)c1NC(=O)c1scc(CN2CCN=C2NC#N)c1Cl. The van der Waals surface area contributed by atoms with Crippen LogP contribution in [-0.4, -0.2) is 47.9 Å². The summed E-state index contributed by atoms with van der Waals surface area (Å²) in [6.07, 6.45) is 3.25. The van der Waals surface area contributed by atoms with Crippen molar-refractivity contribution in [1.82, 2.24) is 15.2 Å². The first-order valence-corrected chi connectivity index (χ1v) is 12.6. The van der Waals surface area contributed by atoms with Crippen LogP contribution >= 0.6 is 46.1 Å². The number of guanidine groups is 1. The molecule has 0 fully saturated rings. The Labute approximate surface area is 230 Å². The lowest BCUT2D eigenvalue weighted by molar-refractivity contribution is 0.102. The number of nitriles is 1. The lowest BCUT2D eigenvalue weighted by atomic mass is 10.1. The van der Waals surface area contributed by atoms with Gasteiger partial charge in [0.05, 0.1) is 35.0 Å². The van der Waals surface area contributed by atoms with Gasteiger partial charge in [-0.2, -0.15) is 5.26 Å². The largest absolute Gasteiger partial charge is 0.494 e. The molecule has 10 nitrogen and oxygen atoms in total. The number of nitrogens with one attached hydrogen (secondary N) is 3. The van der Waals surface area contributed by atoms with Gasteiger partial charge in [0, 0.05) is 35.9 Å². The number of ether oxygens (including phenoxy) is 1. The minimum atomic E-state index is -0.574. The van der Waals surface area contributed by atoms with Crippen LogP contribution in [0.3, 0.4) is 0 Å². The van der Waals surface area contributed by atoms with Gasteiger partial charge in [0.2, 0.25) is 5.96 Å². The number of carbonyl (C=O) groups excluding carboxylic acids is 2. The van der Waals surface area contributed by atoms with Gasteiger partial charge in [0.1, 0.15) is 16.4 Å². The number of hydrogen-bond acceptors (Lipinski definition) is 9. The molecule has 4 rings (SSSR count). The van der Waals surface area contributed by atoms with Crippen LogP contribution in [-0.2, 0) is 6.54 Å². The predicted molar refractivity (Wildman–Crippen MR) is 144 cm³/mol. The van der Waals surface area contributed by atoms with Crippen LogP contribution in [0.5, 0.6) is 5.75 Å². The molecule has 190 valence electrons. The summed E-state index contributed by atoms with van der Waals surface area (Å²) < 4.78 is 5.38. The second-order valence-corrected chi connectivity index (χ2v) is 9.70. The first kappa shape index (κ1) is 26.5. The fraction of sp³-hybridized carbons (Fsp3) is 0.174. The smallest absolute Gasteiger partial charge is 0.267 e. The fourth-order valence-corrected chi connectivity index (χ4v) is 5.07. The number of amides is 2. The quantitative estimate of drug-likeness (QED) is 0.269. The van der Waals surface area contributed by atoms with Gasteiger partial charge < -0.3 is 20.3 Å². The molecule has 0 bridgehead atoms. The van der Waals surface area contributed by atoms with Crippen LogP contribution < -0.4 is 20.7 Å². The molecule has 3 heterocycles. The van der Waals surface area contributed by atoms with Crippen molar-refractivity contribution in [3.8, 4) is 11.9 Å². The van der Waals surface area contributed by atoms with E-state index in [1.165, 1.54) is 31.5 Å². The number of methoxy groups -OCH3 is 1. The number of nitrogens with zero attached hydrogens (tertiary/aromatic N) is 4. The number of rotatable bonds is 7. The predicted octanol–water partition coefficient (Wildman–Crippen LogP) is 4.86. The highest BCUT2D eigenvalue weighted by atomic mass is 35.5. The molecule has 37 heavy (non-hydrogen) atoms. The third kappa shape index (κ3) is 6.06. The van der Waals surface area contributed by atoms with Crippen molar-refractivity contribution in [2.45, 2.75) is 6.54 Å². The molecular weight excluding hydrogens is 561 g/mol. The minimum Gasteiger partial charge on any atom is -0.494 e. The monoisotopic (exact) mass is 577 g/mol. The van der Waals surface area contributed by atoms with Gasteiger partial charge in [0.15, 0.2) is 6.19 Å². The maximum absolute atomic E-state index is 13.3. The Morgan fingerprint density at radius 2 is 2.00 bits per heavy atom. The normalized spacial score (nSPS) is 12.5. The molecule has 0 saturated heterocycles. The van der Waals surface area contributed by atoms with Crippen LogP contribution in [0.1, 0.15) is 25.6 Å². The zero-order chi connectivity index (χ0) is 26.5. The van der Waals surface area contributed by atoms with E-state index >= 15 is 0 Å². The molecule has 2 amide bonds. The molecule has 0 aliphatic carbocycles. The molecule has 3 N–H and O–H groups in total. The second kappa shape index (κ2) is 11.7. The summed E-state index contributed by atoms with van der Waals surface area (Å²) in [7, 11) is 1.39. The van der Waals surface area contributed by atoms with E-state index in [0.29, 0.717) is 36.2 Å². The van der Waals surface area contributed by atoms with Crippen molar-refractivity contribution in [1.29, 1.82) is 5.26 Å². The Morgan fingerprint density at radius 3 is 2.70 bits per heavy atom. The summed E-state index contributed by atoms with van der Waals surface area (Å²) in [4.78, 5) is 36.7. The summed E-state index contributed by atoms with van der Waals surface area (Å²) in [5.41, 5.74) is 0.866. The Balaban J connectivity index is 1.58. The van der Waals surface area contributed by atoms with Crippen LogP contribution in [0, 0.1) is 11.5 Å². The molecule has 3 aromatic rings. The standard InChI is InChI=1S/C23H18Cl3N7O3S/c1-36-16-7-14(25)6-15(21(34)31-17-3-2-13(24)8-29-17)19(16)32-22(35)20-18(26)12(10-37-20)9-33-5-4-28-23(33)30-11-27/h2-3,6-8,10H,4-5,9H2,1H3,(H,28,30)(H,32,35)(H,29,31,34). The average Bonchev–Trinajstić information content (AvgIpc) is 3.47. The number of hydrogen-bond donors (Lipinski definition) is 3. The van der Waals surface area contributed by atoms with Gasteiger partial charge in [-0.25, -0.2) is 4.98 Å². The number of pyridine rings is 1. The third-order valence-corrected chi connectivity index (χ3v) is 7.22. The van der Waals surface area contributed by atoms with E-state index in [1.54, 1.807) is 11.4 Å². The Bertz CT molecular complexity index is 1420. The van der Waals surface area contributed by atoms with Crippen molar-refractivity contribution in [2.75, 3.05) is 30.8 Å². The first-order valence-electron chi connectivity index (χ1n) is 10.6. The van der Waals surface area contributed by atoms with Crippen molar-refractivity contribution in [2.24, 2.45) is 4.99 Å². The van der Waals surface area contributed by atoms with Crippen molar-refractivity contribution in [3.05, 3.63) is 66.9 Å². The van der Waals surface area contributed by atoms with Crippen LogP contribution in [0.15, 0.2) is 40.8 Å². The van der Waals surface area contributed by atoms with Gasteiger partial charge in [0.25, 0.3) is 11.8 Å². The number of anilines is 2. The highest BCUT2D eigenvalue weighted by Crippen LogP contribution is 2.35. The van der Waals surface area contributed by atoms with Gasteiger partial charge in [-0.15, -0.1) is 11.3 Å².